The molecular weight excluding hydrogens is 491 g/mol. The summed E-state index contributed by atoms with van der Waals surface area (Å²) in [6.45, 7) is 7.14. The van der Waals surface area contributed by atoms with Crippen molar-refractivity contribution in [2.75, 3.05) is 37.7 Å². The molecule has 3 heterocycles. The van der Waals surface area contributed by atoms with Gasteiger partial charge in [-0.05, 0) is 51.8 Å². The second-order valence-electron chi connectivity index (χ2n) is 10.1. The van der Waals surface area contributed by atoms with Crippen molar-refractivity contribution in [2.24, 2.45) is 0 Å². The van der Waals surface area contributed by atoms with E-state index in [1.807, 2.05) is 6.07 Å². The zero-order valence-electron chi connectivity index (χ0n) is 20.8. The predicted octanol–water partition coefficient (Wildman–Crippen LogP) is 4.77. The number of morpholine rings is 1. The lowest BCUT2D eigenvalue weighted by Crippen LogP contribution is -2.58. The van der Waals surface area contributed by atoms with Gasteiger partial charge in [-0.2, -0.15) is 23.4 Å². The molecule has 0 saturated carbocycles. The molecule has 2 aliphatic heterocycles. The van der Waals surface area contributed by atoms with Gasteiger partial charge in [-0.15, -0.1) is 0 Å². The van der Waals surface area contributed by atoms with Crippen molar-refractivity contribution >= 4 is 12.0 Å². The first-order valence-corrected chi connectivity index (χ1v) is 11.9. The Morgan fingerprint density at radius 3 is 2.51 bits per heavy atom. The summed E-state index contributed by atoms with van der Waals surface area (Å²) in [7, 11) is 0. The fraction of sp³-hybridized carbons (Fsp3) is 0.520. The number of nitriles is 1. The van der Waals surface area contributed by atoms with E-state index in [1.165, 1.54) is 12.1 Å². The molecule has 2 aromatic rings. The maximum Gasteiger partial charge on any atom is 0.433 e. The molecule has 2 saturated heterocycles. The third-order valence-corrected chi connectivity index (χ3v) is 6.02. The van der Waals surface area contributed by atoms with E-state index >= 15 is 0 Å². The Bertz CT molecular complexity index is 1180. The van der Waals surface area contributed by atoms with E-state index in [0.717, 1.165) is 6.07 Å². The van der Waals surface area contributed by atoms with Crippen LogP contribution < -0.4 is 9.64 Å². The molecule has 1 amide bonds. The van der Waals surface area contributed by atoms with E-state index in [-0.39, 0.29) is 17.6 Å². The molecule has 37 heavy (non-hydrogen) atoms. The van der Waals surface area contributed by atoms with E-state index in [4.69, 9.17) is 19.5 Å². The summed E-state index contributed by atoms with van der Waals surface area (Å²) in [6, 6.07) is 8.75. The van der Waals surface area contributed by atoms with Crippen LogP contribution in [0.2, 0.25) is 0 Å². The summed E-state index contributed by atoms with van der Waals surface area (Å²) in [5, 5.41) is 9.07. The summed E-state index contributed by atoms with van der Waals surface area (Å²) >= 11 is 0. The number of piperidine rings is 1. The number of alkyl halides is 3. The molecule has 1 aromatic heterocycles. The van der Waals surface area contributed by atoms with Crippen LogP contribution in [0.25, 0.3) is 0 Å². The van der Waals surface area contributed by atoms with Gasteiger partial charge in [0.15, 0.2) is 5.69 Å². The van der Waals surface area contributed by atoms with Crippen LogP contribution in [0.4, 0.5) is 23.9 Å². The third kappa shape index (κ3) is 6.60. The lowest BCUT2D eigenvalue weighted by atomic mass is 9.89. The minimum absolute atomic E-state index is 0.115. The normalized spacial score (nSPS) is 17.9. The number of ether oxygens (including phenoxy) is 3. The lowest BCUT2D eigenvalue weighted by molar-refractivity contribution is -0.141. The molecule has 9 nitrogen and oxygen atoms in total. The van der Waals surface area contributed by atoms with Crippen molar-refractivity contribution in [1.29, 1.82) is 5.26 Å². The minimum Gasteiger partial charge on any atom is -0.444 e. The molecular formula is C25H28F3N5O4. The van der Waals surface area contributed by atoms with E-state index in [1.54, 1.807) is 42.7 Å². The summed E-state index contributed by atoms with van der Waals surface area (Å²) in [5.74, 6) is -0.207. The second-order valence-corrected chi connectivity index (χ2v) is 10.1. The molecule has 198 valence electrons. The zero-order chi connectivity index (χ0) is 26.8. The van der Waals surface area contributed by atoms with E-state index in [9.17, 15) is 18.0 Å². The molecule has 12 heteroatoms. The van der Waals surface area contributed by atoms with E-state index < -0.39 is 29.2 Å². The Labute approximate surface area is 212 Å². The molecule has 0 atom stereocenters. The van der Waals surface area contributed by atoms with Crippen molar-refractivity contribution in [3.63, 3.8) is 0 Å². The van der Waals surface area contributed by atoms with Gasteiger partial charge in [-0.3, -0.25) is 0 Å². The van der Waals surface area contributed by atoms with Crippen LogP contribution in [-0.2, 0) is 15.7 Å². The summed E-state index contributed by atoms with van der Waals surface area (Å²) in [4.78, 5) is 23.8. The number of nitrogens with zero attached hydrogens (tertiary/aromatic N) is 5. The highest BCUT2D eigenvalue weighted by Crippen LogP contribution is 2.35. The van der Waals surface area contributed by atoms with Gasteiger partial charge in [-0.25, -0.2) is 9.78 Å². The van der Waals surface area contributed by atoms with E-state index in [2.05, 4.69) is 9.97 Å². The van der Waals surface area contributed by atoms with Crippen molar-refractivity contribution in [1.82, 2.24) is 14.9 Å². The lowest BCUT2D eigenvalue weighted by Gasteiger charge is -2.47. The molecule has 4 rings (SSSR count). The SMILES string of the molecule is CC(C)(C)OC(=O)N1CCOC2(CCN(c3nc(Oc4cccc(C#N)c4)cc(C(F)(F)F)n3)CC2)C1. The highest BCUT2D eigenvalue weighted by Gasteiger charge is 2.43. The molecule has 0 bridgehead atoms. The van der Waals surface area contributed by atoms with Crippen molar-refractivity contribution in [3.05, 3.63) is 41.6 Å². The van der Waals surface area contributed by atoms with Crippen LogP contribution >= 0.6 is 0 Å². The van der Waals surface area contributed by atoms with Gasteiger partial charge in [-0.1, -0.05) is 6.07 Å². The average Bonchev–Trinajstić information content (AvgIpc) is 2.83. The standard InChI is InChI=1S/C25H28F3N5O4/c1-23(2,3)37-22(34)33-11-12-35-24(16-33)7-9-32(10-8-24)21-30-19(25(26,27)28)14-20(31-21)36-18-6-4-5-17(13-18)15-29/h4-6,13-14H,7-12,16H2,1-3H3. The van der Waals surface area contributed by atoms with Gasteiger partial charge in [0.2, 0.25) is 11.8 Å². The highest BCUT2D eigenvalue weighted by atomic mass is 19.4. The monoisotopic (exact) mass is 519 g/mol. The average molecular weight is 520 g/mol. The second kappa shape index (κ2) is 10.0. The quantitative estimate of drug-likeness (QED) is 0.572. The number of rotatable bonds is 3. The Kier molecular flexibility index (Phi) is 7.19. The Balaban J connectivity index is 1.50. The Hall–Kier alpha value is -3.59. The number of hydrogen-bond acceptors (Lipinski definition) is 8. The summed E-state index contributed by atoms with van der Waals surface area (Å²) < 4.78 is 58.0. The largest absolute Gasteiger partial charge is 0.444 e. The summed E-state index contributed by atoms with van der Waals surface area (Å²) in [5.41, 5.74) is -2.07. The zero-order valence-corrected chi connectivity index (χ0v) is 20.8. The van der Waals surface area contributed by atoms with Gasteiger partial charge in [0, 0.05) is 25.7 Å². The maximum atomic E-state index is 13.6. The number of benzene rings is 1. The van der Waals surface area contributed by atoms with Crippen LogP contribution in [0.1, 0.15) is 44.9 Å². The molecule has 1 aromatic carbocycles. The Morgan fingerprint density at radius 2 is 1.86 bits per heavy atom. The first kappa shape index (κ1) is 26.5. The van der Waals surface area contributed by atoms with Crippen LogP contribution in [0, 0.1) is 11.3 Å². The van der Waals surface area contributed by atoms with Crippen molar-refractivity contribution in [2.45, 2.75) is 51.0 Å². The number of carbonyl (C=O) groups is 1. The first-order valence-electron chi connectivity index (χ1n) is 11.9. The van der Waals surface area contributed by atoms with Gasteiger partial charge in [0.1, 0.15) is 11.4 Å². The fourth-order valence-electron chi connectivity index (χ4n) is 4.25. The van der Waals surface area contributed by atoms with E-state index in [0.29, 0.717) is 51.2 Å². The number of aromatic nitrogens is 2. The molecule has 0 N–H and O–H groups in total. The predicted molar refractivity (Wildman–Crippen MR) is 126 cm³/mol. The van der Waals surface area contributed by atoms with Crippen LogP contribution in [0.15, 0.2) is 30.3 Å². The van der Waals surface area contributed by atoms with Crippen molar-refractivity contribution in [3.8, 4) is 17.7 Å². The topological polar surface area (TPSA) is 101 Å². The molecule has 1 spiro atoms. The number of anilines is 1. The van der Waals surface area contributed by atoms with Crippen molar-refractivity contribution < 1.29 is 32.2 Å². The first-order chi connectivity index (χ1) is 17.4. The molecule has 0 radical (unpaired) electrons. The molecule has 2 aliphatic rings. The van der Waals surface area contributed by atoms with Gasteiger partial charge in [0.25, 0.3) is 0 Å². The summed E-state index contributed by atoms with van der Waals surface area (Å²) in [6.07, 6.45) is -4.19. The van der Waals surface area contributed by atoms with Gasteiger partial charge < -0.3 is 24.0 Å². The minimum atomic E-state index is -4.71. The molecule has 0 aliphatic carbocycles. The number of halogens is 3. The maximum absolute atomic E-state index is 13.6. The number of amides is 1. The van der Waals surface area contributed by atoms with Crippen LogP contribution in [0.5, 0.6) is 11.6 Å². The molecule has 2 fully saturated rings. The number of carbonyl (C=O) groups excluding carboxylic acids is 1. The Morgan fingerprint density at radius 1 is 1.14 bits per heavy atom. The van der Waals surface area contributed by atoms with Gasteiger partial charge >= 0.3 is 12.3 Å². The fourth-order valence-corrected chi connectivity index (χ4v) is 4.25. The smallest absolute Gasteiger partial charge is 0.433 e. The highest BCUT2D eigenvalue weighted by molar-refractivity contribution is 5.68. The van der Waals surface area contributed by atoms with Crippen LogP contribution in [-0.4, -0.2) is 64.9 Å². The van der Waals surface area contributed by atoms with Crippen LogP contribution in [0.3, 0.4) is 0 Å². The van der Waals surface area contributed by atoms with Gasteiger partial charge in [0.05, 0.1) is 30.4 Å². The number of hydrogen-bond donors (Lipinski definition) is 0. The third-order valence-electron chi connectivity index (χ3n) is 6.02. The molecule has 0 unspecified atom stereocenters.